The molecule has 192 valence electrons. The number of benzene rings is 2. The van der Waals surface area contributed by atoms with Crippen LogP contribution in [0.4, 0.5) is 15.8 Å². The van der Waals surface area contributed by atoms with Crippen LogP contribution in [-0.4, -0.2) is 49.1 Å². The maximum Gasteiger partial charge on any atom is 0.264 e. The maximum absolute atomic E-state index is 13.5. The number of aliphatic hydroxyl groups is 1. The summed E-state index contributed by atoms with van der Waals surface area (Å²) >= 11 is 0. The van der Waals surface area contributed by atoms with Crippen molar-refractivity contribution in [3.8, 4) is 0 Å². The van der Waals surface area contributed by atoms with Gasteiger partial charge in [0, 0.05) is 36.1 Å². The lowest BCUT2D eigenvalue weighted by molar-refractivity contribution is -0.0214. The number of amides is 1. The van der Waals surface area contributed by atoms with Gasteiger partial charge in [0.25, 0.3) is 15.9 Å². The van der Waals surface area contributed by atoms with Crippen LogP contribution in [0.1, 0.15) is 41.3 Å². The van der Waals surface area contributed by atoms with Crippen molar-refractivity contribution in [3.05, 3.63) is 89.5 Å². The van der Waals surface area contributed by atoms with Crippen LogP contribution in [-0.2, 0) is 15.6 Å². The van der Waals surface area contributed by atoms with Crippen molar-refractivity contribution in [2.75, 3.05) is 17.8 Å². The van der Waals surface area contributed by atoms with Crippen molar-refractivity contribution in [2.45, 2.75) is 30.3 Å². The molecule has 1 amide bonds. The fourth-order valence-corrected chi connectivity index (χ4v) is 5.62. The van der Waals surface area contributed by atoms with Gasteiger partial charge in [-0.15, -0.1) is 0 Å². The predicted molar refractivity (Wildman–Crippen MR) is 141 cm³/mol. The van der Waals surface area contributed by atoms with Gasteiger partial charge in [-0.25, -0.2) is 13.4 Å². The van der Waals surface area contributed by atoms with E-state index < -0.39 is 21.6 Å². The fourth-order valence-electron chi connectivity index (χ4n) is 4.37. The number of para-hydroxylation sites is 1. The normalized spacial score (nSPS) is 15.5. The van der Waals surface area contributed by atoms with Crippen LogP contribution in [0.25, 0.3) is 6.08 Å². The number of hydrogen-bond donors (Lipinski definition) is 2. The zero-order chi connectivity index (χ0) is 26.6. The zero-order valence-corrected chi connectivity index (χ0v) is 21.1. The minimum atomic E-state index is -3.96. The Bertz CT molecular complexity index is 1450. The molecular formula is C27H27FN4O4S. The van der Waals surface area contributed by atoms with Crippen LogP contribution in [0.5, 0.6) is 0 Å². The number of hydrogen-bond acceptors (Lipinski definition) is 6. The highest BCUT2D eigenvalue weighted by Gasteiger charge is 2.36. The van der Waals surface area contributed by atoms with E-state index in [9.17, 15) is 22.7 Å². The smallest absolute Gasteiger partial charge is 0.264 e. The van der Waals surface area contributed by atoms with E-state index in [0.29, 0.717) is 16.7 Å². The summed E-state index contributed by atoms with van der Waals surface area (Å²) in [7, 11) is -3.96. The van der Waals surface area contributed by atoms with Crippen molar-refractivity contribution in [1.82, 2.24) is 9.88 Å². The Balaban J connectivity index is 1.45. The van der Waals surface area contributed by atoms with Crippen LogP contribution < -0.4 is 4.72 Å². The van der Waals surface area contributed by atoms with E-state index >= 15 is 0 Å². The Labute approximate surface area is 215 Å². The molecule has 0 bridgehead atoms. The number of anilines is 1. The van der Waals surface area contributed by atoms with Crippen molar-refractivity contribution in [3.63, 3.8) is 0 Å². The molecule has 0 aliphatic carbocycles. The van der Waals surface area contributed by atoms with Crippen LogP contribution in [0.15, 0.2) is 76.8 Å². The highest BCUT2D eigenvalue weighted by molar-refractivity contribution is 7.92. The molecule has 2 aromatic carbocycles. The van der Waals surface area contributed by atoms with E-state index in [2.05, 4.69) is 21.4 Å². The number of carbonyl (C=O) groups excluding carboxylic acids is 1. The van der Waals surface area contributed by atoms with E-state index in [4.69, 9.17) is 0 Å². The van der Waals surface area contributed by atoms with Crippen LogP contribution in [0.3, 0.4) is 0 Å². The van der Waals surface area contributed by atoms with Crippen LogP contribution >= 0.6 is 0 Å². The Kier molecular flexibility index (Phi) is 7.51. The van der Waals surface area contributed by atoms with E-state index in [1.807, 2.05) is 6.92 Å². The molecule has 1 fully saturated rings. The first-order valence-electron chi connectivity index (χ1n) is 11.7. The second-order valence-corrected chi connectivity index (χ2v) is 10.4. The fraction of sp³-hybridized carbons (Fsp3) is 0.222. The van der Waals surface area contributed by atoms with Gasteiger partial charge in [0.2, 0.25) is 5.95 Å². The summed E-state index contributed by atoms with van der Waals surface area (Å²) in [4.78, 5) is 22.0. The molecule has 0 radical (unpaired) electrons. The lowest BCUT2D eigenvalue weighted by atomic mass is 9.85. The first-order valence-corrected chi connectivity index (χ1v) is 13.1. The number of likely N-dealkylation sites (tertiary alicyclic amines) is 1. The molecule has 0 spiro atoms. The van der Waals surface area contributed by atoms with Gasteiger partial charge in [-0.1, -0.05) is 24.3 Å². The Morgan fingerprint density at radius 3 is 2.51 bits per heavy atom. The molecule has 1 aromatic heterocycles. The van der Waals surface area contributed by atoms with Gasteiger partial charge >= 0.3 is 0 Å². The van der Waals surface area contributed by atoms with Gasteiger partial charge in [-0.2, -0.15) is 4.39 Å². The summed E-state index contributed by atoms with van der Waals surface area (Å²) in [6.45, 7) is 5.90. The zero-order valence-electron chi connectivity index (χ0n) is 20.3. The molecule has 1 saturated heterocycles. The van der Waals surface area contributed by atoms with Gasteiger partial charge in [0.05, 0.1) is 11.3 Å². The molecule has 10 heteroatoms. The summed E-state index contributed by atoms with van der Waals surface area (Å²) in [5.41, 5.74) is 0.757. The number of carbonyl (C=O) groups is 1. The largest absolute Gasteiger partial charge is 0.385 e. The number of aromatic nitrogens is 1. The third kappa shape index (κ3) is 5.60. The summed E-state index contributed by atoms with van der Waals surface area (Å²) in [5, 5.41) is 10.9. The second-order valence-electron chi connectivity index (χ2n) is 8.73. The molecular weight excluding hydrogens is 495 g/mol. The van der Waals surface area contributed by atoms with Gasteiger partial charge in [0.1, 0.15) is 4.90 Å². The number of rotatable bonds is 7. The maximum atomic E-state index is 13.5. The molecule has 0 saturated carbocycles. The number of nitrogens with one attached hydrogen (secondary N) is 1. The number of nitrogens with zero attached hydrogens (tertiary/aromatic N) is 3. The summed E-state index contributed by atoms with van der Waals surface area (Å²) in [6, 6.07) is 13.7. The van der Waals surface area contributed by atoms with E-state index in [-0.39, 0.29) is 48.1 Å². The van der Waals surface area contributed by atoms with Gasteiger partial charge in [-0.3, -0.25) is 14.5 Å². The molecule has 37 heavy (non-hydrogen) atoms. The summed E-state index contributed by atoms with van der Waals surface area (Å²) in [6.07, 6.45) is 5.35. The van der Waals surface area contributed by atoms with Crippen molar-refractivity contribution < 1.29 is 22.7 Å². The minimum Gasteiger partial charge on any atom is -0.385 e. The lowest BCUT2D eigenvalue weighted by Crippen LogP contribution is -2.45. The highest BCUT2D eigenvalue weighted by atomic mass is 32.2. The monoisotopic (exact) mass is 522 g/mol. The van der Waals surface area contributed by atoms with Crippen LogP contribution in [0.2, 0.25) is 0 Å². The molecule has 8 nitrogen and oxygen atoms in total. The molecule has 1 aliphatic heterocycles. The number of piperidine rings is 1. The van der Waals surface area contributed by atoms with Gasteiger partial charge in [-0.05, 0) is 74.5 Å². The SMILES string of the molecule is C=Nc1c(/C=C\C)cccc1S(=O)(=O)Nc1ccc(C(=O)N2CCC(O)(c3ccnc(F)c3)CC2)cc1. The molecule has 2 heterocycles. The Morgan fingerprint density at radius 2 is 1.89 bits per heavy atom. The molecule has 1 aliphatic rings. The van der Waals surface area contributed by atoms with Crippen molar-refractivity contribution >= 4 is 40.1 Å². The number of sulfonamides is 1. The van der Waals surface area contributed by atoms with Gasteiger partial charge < -0.3 is 10.0 Å². The molecule has 4 rings (SSSR count). The number of pyridine rings is 1. The minimum absolute atomic E-state index is 0.00636. The summed E-state index contributed by atoms with van der Waals surface area (Å²) in [5.74, 6) is -0.905. The standard InChI is InChI=1S/C27H27FN4O4S/c1-3-5-19-6-4-7-23(25(19)29-2)37(35,36)31-22-10-8-20(9-11-22)26(33)32-16-13-27(34,14-17-32)21-12-15-30-24(28)18-21/h3-12,15,18,31,34H,2,13-14,16-17H2,1H3/b5-3-. The predicted octanol–water partition coefficient (Wildman–Crippen LogP) is 4.51. The third-order valence-corrected chi connectivity index (χ3v) is 7.76. The van der Waals surface area contributed by atoms with Crippen LogP contribution in [0, 0.1) is 5.95 Å². The first kappa shape index (κ1) is 26.2. The summed E-state index contributed by atoms with van der Waals surface area (Å²) < 4.78 is 42.1. The number of allylic oxidation sites excluding steroid dienone is 1. The average Bonchev–Trinajstić information content (AvgIpc) is 2.89. The Hall–Kier alpha value is -3.89. The molecule has 0 unspecified atom stereocenters. The van der Waals surface area contributed by atoms with E-state index in [0.717, 1.165) is 0 Å². The average molecular weight is 523 g/mol. The number of aliphatic imine (C=N–C) groups is 1. The van der Waals surface area contributed by atoms with Crippen molar-refractivity contribution in [1.29, 1.82) is 0 Å². The molecule has 3 aromatic rings. The van der Waals surface area contributed by atoms with Crippen molar-refractivity contribution in [2.24, 2.45) is 4.99 Å². The second kappa shape index (κ2) is 10.6. The highest BCUT2D eigenvalue weighted by Crippen LogP contribution is 2.34. The topological polar surface area (TPSA) is 112 Å². The number of halogens is 1. The Morgan fingerprint density at radius 1 is 1.19 bits per heavy atom. The quantitative estimate of drug-likeness (QED) is 0.350. The van der Waals surface area contributed by atoms with Gasteiger partial charge in [0.15, 0.2) is 0 Å². The van der Waals surface area contributed by atoms with E-state index in [1.165, 1.54) is 30.5 Å². The lowest BCUT2D eigenvalue weighted by Gasteiger charge is -2.38. The van der Waals surface area contributed by atoms with E-state index in [1.54, 1.807) is 47.4 Å². The third-order valence-electron chi connectivity index (χ3n) is 6.35. The molecule has 2 N–H and O–H groups in total. The first-order chi connectivity index (χ1) is 17.7. The molecule has 0 atom stereocenters.